The summed E-state index contributed by atoms with van der Waals surface area (Å²) in [5.41, 5.74) is 0.931. The lowest BCUT2D eigenvalue weighted by Crippen LogP contribution is -2.55. The van der Waals surface area contributed by atoms with E-state index in [2.05, 4.69) is 5.32 Å². The van der Waals surface area contributed by atoms with Gasteiger partial charge in [-0.05, 0) is 18.4 Å². The predicted octanol–water partition coefficient (Wildman–Crippen LogP) is 2.04. The molecule has 2 bridgehead atoms. The Balaban J connectivity index is 1.55. The van der Waals surface area contributed by atoms with Gasteiger partial charge >= 0.3 is 12.1 Å². The molecule has 1 saturated carbocycles. The Labute approximate surface area is 134 Å². The number of rotatable bonds is 4. The number of carbonyl (C=O) groups excluding carboxylic acids is 1. The number of hydrogen-bond donors (Lipinski definition) is 2. The quantitative estimate of drug-likeness (QED) is 0.887. The van der Waals surface area contributed by atoms with Gasteiger partial charge in [0.05, 0.1) is 19.1 Å². The van der Waals surface area contributed by atoms with Gasteiger partial charge in [0.1, 0.15) is 6.61 Å². The maximum atomic E-state index is 12.0. The molecule has 2 N–H and O–H groups in total. The van der Waals surface area contributed by atoms with Crippen molar-refractivity contribution < 1.29 is 24.2 Å². The van der Waals surface area contributed by atoms with Gasteiger partial charge in [-0.1, -0.05) is 30.3 Å². The Bertz CT molecular complexity index is 547. The van der Waals surface area contributed by atoms with Crippen molar-refractivity contribution in [2.75, 3.05) is 13.2 Å². The average Bonchev–Trinajstić information content (AvgIpc) is 2.53. The van der Waals surface area contributed by atoms with Crippen molar-refractivity contribution in [3.05, 3.63) is 35.9 Å². The first-order valence-electron chi connectivity index (χ1n) is 7.91. The van der Waals surface area contributed by atoms with Crippen LogP contribution in [0.1, 0.15) is 18.4 Å². The second-order valence-corrected chi connectivity index (χ2v) is 6.30. The molecular formula is C17H21NO5. The van der Waals surface area contributed by atoms with Gasteiger partial charge in [0, 0.05) is 17.9 Å². The topological polar surface area (TPSA) is 84.9 Å². The molecule has 1 amide bonds. The highest BCUT2D eigenvalue weighted by Crippen LogP contribution is 2.37. The number of amides is 1. The van der Waals surface area contributed by atoms with Gasteiger partial charge in [0.2, 0.25) is 0 Å². The van der Waals surface area contributed by atoms with Crippen LogP contribution in [0.25, 0.3) is 0 Å². The highest BCUT2D eigenvalue weighted by atomic mass is 16.5. The zero-order valence-electron chi connectivity index (χ0n) is 12.8. The van der Waals surface area contributed by atoms with Crippen molar-refractivity contribution in [1.82, 2.24) is 5.32 Å². The monoisotopic (exact) mass is 319 g/mol. The van der Waals surface area contributed by atoms with E-state index in [1.165, 1.54) is 0 Å². The molecule has 2 atom stereocenters. The second-order valence-electron chi connectivity index (χ2n) is 6.30. The molecule has 1 saturated heterocycles. The van der Waals surface area contributed by atoms with Gasteiger partial charge in [-0.2, -0.15) is 0 Å². The summed E-state index contributed by atoms with van der Waals surface area (Å²) in [7, 11) is 0. The molecule has 6 nitrogen and oxygen atoms in total. The zero-order chi connectivity index (χ0) is 16.2. The summed E-state index contributed by atoms with van der Waals surface area (Å²) in [5, 5.41) is 12.1. The number of carboxylic acids is 1. The van der Waals surface area contributed by atoms with Gasteiger partial charge < -0.3 is 19.9 Å². The van der Waals surface area contributed by atoms with E-state index in [1.54, 1.807) is 0 Å². The molecule has 1 aromatic carbocycles. The van der Waals surface area contributed by atoms with E-state index >= 15 is 0 Å². The molecule has 2 fully saturated rings. The summed E-state index contributed by atoms with van der Waals surface area (Å²) in [4.78, 5) is 23.3. The number of benzene rings is 1. The molecular weight excluding hydrogens is 298 g/mol. The molecule has 1 aliphatic carbocycles. The predicted molar refractivity (Wildman–Crippen MR) is 81.7 cm³/mol. The van der Waals surface area contributed by atoms with Crippen molar-refractivity contribution in [2.24, 2.45) is 17.8 Å². The van der Waals surface area contributed by atoms with Crippen molar-refractivity contribution >= 4 is 12.1 Å². The lowest BCUT2D eigenvalue weighted by Gasteiger charge is -2.44. The van der Waals surface area contributed by atoms with Gasteiger partial charge in [0.15, 0.2) is 0 Å². The number of fused-ring (bicyclic) bond motifs is 2. The van der Waals surface area contributed by atoms with Crippen LogP contribution in [0.2, 0.25) is 0 Å². The number of hydrogen-bond acceptors (Lipinski definition) is 4. The Kier molecular flexibility index (Phi) is 4.81. The zero-order valence-corrected chi connectivity index (χ0v) is 12.8. The third-order valence-corrected chi connectivity index (χ3v) is 4.70. The number of carbonyl (C=O) groups is 2. The number of nitrogens with one attached hydrogen (secondary N) is 1. The first-order valence-corrected chi connectivity index (χ1v) is 7.91. The second kappa shape index (κ2) is 7.00. The molecule has 2 unspecified atom stereocenters. The van der Waals surface area contributed by atoms with Crippen LogP contribution >= 0.6 is 0 Å². The Morgan fingerprint density at radius 3 is 2.43 bits per heavy atom. The van der Waals surface area contributed by atoms with Crippen LogP contribution in [0, 0.1) is 17.8 Å². The van der Waals surface area contributed by atoms with Crippen molar-refractivity contribution in [3.8, 4) is 0 Å². The van der Waals surface area contributed by atoms with E-state index in [0.717, 1.165) is 5.56 Å². The summed E-state index contributed by atoms with van der Waals surface area (Å²) in [6.45, 7) is 1.21. The molecule has 6 heteroatoms. The van der Waals surface area contributed by atoms with Gasteiger partial charge in [-0.25, -0.2) is 4.79 Å². The Morgan fingerprint density at radius 1 is 1.17 bits per heavy atom. The molecule has 0 aromatic heterocycles. The third-order valence-electron chi connectivity index (χ3n) is 4.70. The van der Waals surface area contributed by atoms with E-state index in [9.17, 15) is 14.7 Å². The molecule has 2 aliphatic rings. The molecule has 1 aromatic rings. The van der Waals surface area contributed by atoms with Crippen LogP contribution in [0.3, 0.4) is 0 Å². The minimum Gasteiger partial charge on any atom is -0.481 e. The fraction of sp³-hybridized carbons (Fsp3) is 0.529. The van der Waals surface area contributed by atoms with E-state index < -0.39 is 12.1 Å². The number of carboxylic acid groups (broad SMARTS) is 1. The summed E-state index contributed by atoms with van der Waals surface area (Å²) < 4.78 is 10.8. The maximum Gasteiger partial charge on any atom is 0.407 e. The van der Waals surface area contributed by atoms with Crippen LogP contribution in [-0.2, 0) is 20.9 Å². The molecule has 124 valence electrons. The molecule has 1 aliphatic heterocycles. The standard InChI is InChI=1S/C17H21NO5/c19-16(20)12-6-13-9-22-10-14(7-12)15(13)18-17(21)23-8-11-4-2-1-3-5-11/h1-5,12-15H,6-10H2,(H,18,21)(H,19,20). The Morgan fingerprint density at radius 2 is 1.83 bits per heavy atom. The van der Waals surface area contributed by atoms with Gasteiger partial charge in [0.25, 0.3) is 0 Å². The molecule has 1 heterocycles. The van der Waals surface area contributed by atoms with E-state index in [4.69, 9.17) is 9.47 Å². The maximum absolute atomic E-state index is 12.0. The van der Waals surface area contributed by atoms with Crippen LogP contribution in [-0.4, -0.2) is 36.4 Å². The minimum atomic E-state index is -0.757. The molecule has 23 heavy (non-hydrogen) atoms. The van der Waals surface area contributed by atoms with Crippen LogP contribution in [0.15, 0.2) is 30.3 Å². The van der Waals surface area contributed by atoms with Gasteiger partial charge in [-0.15, -0.1) is 0 Å². The van der Waals surface area contributed by atoms with Crippen molar-refractivity contribution in [3.63, 3.8) is 0 Å². The number of ether oxygens (including phenoxy) is 2. The van der Waals surface area contributed by atoms with Crippen LogP contribution in [0.5, 0.6) is 0 Å². The number of aliphatic carboxylic acids is 1. The lowest BCUT2D eigenvalue weighted by atomic mass is 9.71. The molecule has 0 spiro atoms. The fourth-order valence-electron chi connectivity index (χ4n) is 3.56. The molecule has 0 radical (unpaired) electrons. The summed E-state index contributed by atoms with van der Waals surface area (Å²) in [6.07, 6.45) is 0.620. The smallest absolute Gasteiger partial charge is 0.407 e. The summed E-state index contributed by atoms with van der Waals surface area (Å²) >= 11 is 0. The van der Waals surface area contributed by atoms with E-state index in [0.29, 0.717) is 26.1 Å². The average molecular weight is 319 g/mol. The largest absolute Gasteiger partial charge is 0.481 e. The Hall–Kier alpha value is -2.08. The van der Waals surface area contributed by atoms with E-state index in [-0.39, 0.29) is 30.4 Å². The fourth-order valence-corrected chi connectivity index (χ4v) is 3.56. The summed E-state index contributed by atoms with van der Waals surface area (Å²) in [6, 6.07) is 9.42. The first-order chi connectivity index (χ1) is 11.1. The summed E-state index contributed by atoms with van der Waals surface area (Å²) in [5.74, 6) is -1.03. The number of alkyl carbamates (subject to hydrolysis) is 1. The van der Waals surface area contributed by atoms with Crippen LogP contribution < -0.4 is 5.32 Å². The minimum absolute atomic E-state index is 0.0351. The molecule has 3 rings (SSSR count). The SMILES string of the molecule is O=C(NC1C2COCC1CC(C(=O)O)C2)OCc1ccccc1. The highest BCUT2D eigenvalue weighted by molar-refractivity contribution is 5.71. The first kappa shape index (κ1) is 15.8. The van der Waals surface area contributed by atoms with Crippen LogP contribution in [0.4, 0.5) is 4.79 Å². The van der Waals surface area contributed by atoms with E-state index in [1.807, 2.05) is 30.3 Å². The lowest BCUT2D eigenvalue weighted by molar-refractivity contribution is -0.147. The van der Waals surface area contributed by atoms with Crippen molar-refractivity contribution in [1.29, 1.82) is 0 Å². The van der Waals surface area contributed by atoms with Gasteiger partial charge in [-0.3, -0.25) is 4.79 Å². The third kappa shape index (κ3) is 3.82. The normalized spacial score (nSPS) is 29.6. The van der Waals surface area contributed by atoms with Crippen molar-refractivity contribution in [2.45, 2.75) is 25.5 Å². The highest BCUT2D eigenvalue weighted by Gasteiger charge is 2.44.